The molecule has 8 nitrogen and oxygen atoms in total. The average Bonchev–Trinajstić information content (AvgIpc) is 3.19. The summed E-state index contributed by atoms with van der Waals surface area (Å²) < 4.78 is 10.6. The van der Waals surface area contributed by atoms with Crippen LogP contribution in [0, 0.1) is 5.41 Å². The number of carbonyl (C=O) groups excluding carboxylic acids is 2. The summed E-state index contributed by atoms with van der Waals surface area (Å²) in [6.07, 6.45) is 0.541. The van der Waals surface area contributed by atoms with E-state index in [0.29, 0.717) is 25.9 Å². The van der Waals surface area contributed by atoms with E-state index in [9.17, 15) is 19.5 Å². The number of alkyl carbamates (subject to hydrolysis) is 1. The Hall–Kier alpha value is -3.39. The lowest BCUT2D eigenvalue weighted by Gasteiger charge is -2.25. The Labute approximate surface area is 206 Å². The van der Waals surface area contributed by atoms with Crippen molar-refractivity contribution in [3.05, 3.63) is 59.7 Å². The lowest BCUT2D eigenvalue weighted by Crippen LogP contribution is -2.50. The Bertz CT molecular complexity index is 1010. The van der Waals surface area contributed by atoms with E-state index in [2.05, 4.69) is 22.8 Å². The average molecular weight is 483 g/mol. The fourth-order valence-corrected chi connectivity index (χ4v) is 4.24. The Balaban J connectivity index is 1.63. The summed E-state index contributed by atoms with van der Waals surface area (Å²) in [6, 6.07) is 15.2. The third-order valence-corrected chi connectivity index (χ3v) is 6.74. The van der Waals surface area contributed by atoms with E-state index < -0.39 is 29.4 Å². The molecule has 188 valence electrons. The molecule has 3 rings (SSSR count). The van der Waals surface area contributed by atoms with Gasteiger partial charge < -0.3 is 25.2 Å². The zero-order valence-electron chi connectivity index (χ0n) is 20.5. The Morgan fingerprint density at radius 3 is 2.20 bits per heavy atom. The van der Waals surface area contributed by atoms with Gasteiger partial charge >= 0.3 is 12.1 Å². The van der Waals surface area contributed by atoms with Crippen LogP contribution in [0.15, 0.2) is 48.5 Å². The molecule has 1 aliphatic rings. The molecular formula is C27H34N2O6. The van der Waals surface area contributed by atoms with Gasteiger partial charge in [-0.25, -0.2) is 4.79 Å². The van der Waals surface area contributed by atoms with E-state index in [1.165, 1.54) is 0 Å². The Morgan fingerprint density at radius 1 is 1.06 bits per heavy atom. The predicted molar refractivity (Wildman–Crippen MR) is 132 cm³/mol. The molecule has 0 heterocycles. The van der Waals surface area contributed by atoms with E-state index in [4.69, 9.17) is 9.47 Å². The molecule has 2 atom stereocenters. The highest BCUT2D eigenvalue weighted by molar-refractivity contribution is 5.86. The SMILES string of the molecule is CCC(C)(CNC(=O)C(CCCOC)NC(=O)OCC1c2ccccc2-c2ccccc21)C(=O)O. The van der Waals surface area contributed by atoms with Crippen molar-refractivity contribution in [1.82, 2.24) is 10.6 Å². The second kappa shape index (κ2) is 11.8. The molecule has 8 heteroatoms. The van der Waals surface area contributed by atoms with E-state index in [1.807, 2.05) is 36.4 Å². The van der Waals surface area contributed by atoms with Gasteiger partial charge in [-0.1, -0.05) is 55.5 Å². The van der Waals surface area contributed by atoms with Crippen molar-refractivity contribution in [3.8, 4) is 11.1 Å². The molecule has 0 saturated heterocycles. The lowest BCUT2D eigenvalue weighted by atomic mass is 9.87. The Morgan fingerprint density at radius 2 is 1.66 bits per heavy atom. The monoisotopic (exact) mass is 482 g/mol. The van der Waals surface area contributed by atoms with Crippen LogP contribution in [0.4, 0.5) is 4.79 Å². The summed E-state index contributed by atoms with van der Waals surface area (Å²) in [4.78, 5) is 37.1. The van der Waals surface area contributed by atoms with Crippen molar-refractivity contribution in [2.75, 3.05) is 26.9 Å². The van der Waals surface area contributed by atoms with Crippen molar-refractivity contribution < 1.29 is 29.0 Å². The number of nitrogens with one attached hydrogen (secondary N) is 2. The highest BCUT2D eigenvalue weighted by atomic mass is 16.5. The minimum Gasteiger partial charge on any atom is -0.481 e. The molecule has 2 aromatic rings. The Kier molecular flexibility index (Phi) is 8.87. The predicted octanol–water partition coefficient (Wildman–Crippen LogP) is 3.94. The van der Waals surface area contributed by atoms with Gasteiger partial charge in [-0.2, -0.15) is 0 Å². The number of hydrogen-bond acceptors (Lipinski definition) is 5. The van der Waals surface area contributed by atoms with Crippen LogP contribution in [0.5, 0.6) is 0 Å². The molecule has 2 amide bonds. The molecule has 0 bridgehead atoms. The first kappa shape index (κ1) is 26.2. The molecule has 0 saturated carbocycles. The van der Waals surface area contributed by atoms with E-state index in [-0.39, 0.29) is 19.1 Å². The smallest absolute Gasteiger partial charge is 0.407 e. The molecule has 35 heavy (non-hydrogen) atoms. The first-order chi connectivity index (χ1) is 16.8. The second-order valence-corrected chi connectivity index (χ2v) is 9.09. The number of aliphatic carboxylic acids is 1. The second-order valence-electron chi connectivity index (χ2n) is 9.09. The summed E-state index contributed by atoms with van der Waals surface area (Å²) in [7, 11) is 1.56. The number of carboxylic acids is 1. The molecule has 2 unspecified atom stereocenters. The standard InChI is InChI=1S/C27H34N2O6/c1-4-27(2,25(31)32)17-28-24(30)23(14-9-15-34-3)29-26(33)35-16-22-20-12-7-5-10-18(20)19-11-6-8-13-21(19)22/h5-8,10-13,22-23H,4,9,14-17H2,1-3H3,(H,28,30)(H,29,33)(H,31,32). The number of carbonyl (C=O) groups is 3. The number of benzene rings is 2. The summed E-state index contributed by atoms with van der Waals surface area (Å²) in [5, 5.41) is 14.8. The molecule has 3 N–H and O–H groups in total. The van der Waals surface area contributed by atoms with Gasteiger partial charge in [0, 0.05) is 26.2 Å². The third kappa shape index (κ3) is 6.19. The van der Waals surface area contributed by atoms with Crippen LogP contribution in [0.2, 0.25) is 0 Å². The number of methoxy groups -OCH3 is 1. The maximum absolute atomic E-state index is 12.8. The van der Waals surface area contributed by atoms with Crippen LogP contribution in [0.1, 0.15) is 50.2 Å². The summed E-state index contributed by atoms with van der Waals surface area (Å²) in [6.45, 7) is 3.86. The molecule has 1 aliphatic carbocycles. The van der Waals surface area contributed by atoms with Crippen LogP contribution in [-0.4, -0.2) is 56.0 Å². The largest absolute Gasteiger partial charge is 0.481 e. The zero-order valence-corrected chi connectivity index (χ0v) is 20.5. The molecule has 2 aromatic carbocycles. The third-order valence-electron chi connectivity index (χ3n) is 6.74. The zero-order chi connectivity index (χ0) is 25.4. The van der Waals surface area contributed by atoms with Crippen LogP contribution in [0.3, 0.4) is 0 Å². The number of ether oxygens (including phenoxy) is 2. The lowest BCUT2D eigenvalue weighted by molar-refractivity contribution is -0.148. The van der Waals surface area contributed by atoms with Gasteiger partial charge in [0.2, 0.25) is 5.91 Å². The number of amides is 2. The van der Waals surface area contributed by atoms with Crippen LogP contribution in [-0.2, 0) is 19.1 Å². The summed E-state index contributed by atoms with van der Waals surface area (Å²) >= 11 is 0. The number of rotatable bonds is 12. The van der Waals surface area contributed by atoms with Crippen molar-refractivity contribution in [2.24, 2.45) is 5.41 Å². The minimum absolute atomic E-state index is 0.0369. The van der Waals surface area contributed by atoms with Gasteiger partial charge in [0.25, 0.3) is 0 Å². The van der Waals surface area contributed by atoms with Gasteiger partial charge in [0.1, 0.15) is 12.6 Å². The van der Waals surface area contributed by atoms with E-state index in [0.717, 1.165) is 22.3 Å². The molecule has 0 aliphatic heterocycles. The van der Waals surface area contributed by atoms with E-state index in [1.54, 1.807) is 21.0 Å². The van der Waals surface area contributed by atoms with Crippen molar-refractivity contribution >= 4 is 18.0 Å². The first-order valence-electron chi connectivity index (χ1n) is 11.9. The fraction of sp³-hybridized carbons (Fsp3) is 0.444. The van der Waals surface area contributed by atoms with Gasteiger partial charge in [0.05, 0.1) is 5.41 Å². The van der Waals surface area contributed by atoms with E-state index >= 15 is 0 Å². The molecular weight excluding hydrogens is 448 g/mol. The minimum atomic E-state index is -1.09. The summed E-state index contributed by atoms with van der Waals surface area (Å²) in [5.74, 6) is -1.52. The van der Waals surface area contributed by atoms with Crippen molar-refractivity contribution in [2.45, 2.75) is 45.1 Å². The number of carboxylic acid groups (broad SMARTS) is 1. The van der Waals surface area contributed by atoms with Gasteiger partial charge in [0.15, 0.2) is 0 Å². The van der Waals surface area contributed by atoms with Crippen molar-refractivity contribution in [1.29, 1.82) is 0 Å². The van der Waals surface area contributed by atoms with Crippen LogP contribution >= 0.6 is 0 Å². The molecule has 0 radical (unpaired) electrons. The summed E-state index contributed by atoms with van der Waals surface area (Å²) in [5.41, 5.74) is 3.38. The van der Waals surface area contributed by atoms with Gasteiger partial charge in [-0.3, -0.25) is 9.59 Å². The number of hydrogen-bond donors (Lipinski definition) is 3. The maximum atomic E-state index is 12.8. The van der Waals surface area contributed by atoms with Gasteiger partial charge in [-0.05, 0) is 48.4 Å². The molecule has 0 fully saturated rings. The number of fused-ring (bicyclic) bond motifs is 3. The normalized spacial score (nSPS) is 14.8. The molecule has 0 spiro atoms. The van der Waals surface area contributed by atoms with Crippen LogP contribution < -0.4 is 10.6 Å². The first-order valence-corrected chi connectivity index (χ1v) is 11.9. The van der Waals surface area contributed by atoms with Crippen LogP contribution in [0.25, 0.3) is 11.1 Å². The maximum Gasteiger partial charge on any atom is 0.407 e. The fourth-order valence-electron chi connectivity index (χ4n) is 4.24. The van der Waals surface area contributed by atoms with Crippen molar-refractivity contribution in [3.63, 3.8) is 0 Å². The highest BCUT2D eigenvalue weighted by Crippen LogP contribution is 2.44. The quantitative estimate of drug-likeness (QED) is 0.395. The molecule has 0 aromatic heterocycles. The topological polar surface area (TPSA) is 114 Å². The van der Waals surface area contributed by atoms with Gasteiger partial charge in [-0.15, -0.1) is 0 Å². The highest BCUT2D eigenvalue weighted by Gasteiger charge is 2.33.